The fourth-order valence-corrected chi connectivity index (χ4v) is 2.12. The highest BCUT2D eigenvalue weighted by molar-refractivity contribution is 5.28. The number of aliphatic hydroxyl groups is 1. The first-order chi connectivity index (χ1) is 11.1. The van der Waals surface area contributed by atoms with E-state index in [-0.39, 0.29) is 12.1 Å². The number of rotatable bonds is 7. The summed E-state index contributed by atoms with van der Waals surface area (Å²) in [4.78, 5) is 0. The van der Waals surface area contributed by atoms with E-state index >= 15 is 0 Å². The lowest BCUT2D eigenvalue weighted by molar-refractivity contribution is 0.169. The molecule has 2 aromatic rings. The zero-order chi connectivity index (χ0) is 16.7. The Kier molecular flexibility index (Phi) is 6.10. The molecule has 0 radical (unpaired) electrons. The first-order valence-corrected chi connectivity index (χ1v) is 7.38. The topological polar surface area (TPSA) is 65.3 Å². The molecular weight excluding hydrogens is 295 g/mol. The van der Waals surface area contributed by atoms with Crippen molar-refractivity contribution in [3.05, 3.63) is 65.5 Å². The van der Waals surface area contributed by atoms with Gasteiger partial charge in [0.25, 0.3) is 0 Å². The van der Waals surface area contributed by atoms with Gasteiger partial charge < -0.3 is 15.2 Å². The highest BCUT2D eigenvalue weighted by Crippen LogP contribution is 2.16. The lowest BCUT2D eigenvalue weighted by Gasteiger charge is -2.13. The number of benzene rings is 2. The maximum atomic E-state index is 13.5. The molecule has 2 unspecified atom stereocenters. The third-order valence-corrected chi connectivity index (χ3v) is 3.35. The fourth-order valence-electron chi connectivity index (χ4n) is 2.12. The Bertz CT molecular complexity index is 667. The molecule has 0 aliphatic rings. The van der Waals surface area contributed by atoms with Crippen LogP contribution in [-0.4, -0.2) is 17.8 Å². The first kappa shape index (κ1) is 16.9. The Hall–Kier alpha value is -2.42. The second-order valence-electron chi connectivity index (χ2n) is 5.20. The normalized spacial score (nSPS) is 13.1. The standard InChI is InChI=1S/C18H19FN2O2/c1-13(10-20)23-15-8-6-14(7-9-15)11-21-12-18(22)16-4-2-3-5-17(16)19/h2-9,13,18,21-22H,11-12H2,1H3. The maximum absolute atomic E-state index is 13.5. The number of hydrogen-bond acceptors (Lipinski definition) is 4. The molecule has 0 saturated carbocycles. The van der Waals surface area contributed by atoms with Crippen LogP contribution in [0, 0.1) is 17.1 Å². The number of nitrogens with zero attached hydrogens (tertiary/aromatic N) is 1. The summed E-state index contributed by atoms with van der Waals surface area (Å²) in [5.74, 6) is 0.226. The number of ether oxygens (including phenoxy) is 1. The number of nitriles is 1. The minimum absolute atomic E-state index is 0.255. The summed E-state index contributed by atoms with van der Waals surface area (Å²) in [6.45, 7) is 2.48. The second-order valence-corrected chi connectivity index (χ2v) is 5.20. The summed E-state index contributed by atoms with van der Waals surface area (Å²) in [6.07, 6.45) is -1.38. The zero-order valence-corrected chi connectivity index (χ0v) is 12.9. The minimum Gasteiger partial charge on any atom is -0.476 e. The number of halogens is 1. The largest absolute Gasteiger partial charge is 0.476 e. The molecule has 0 heterocycles. The average molecular weight is 314 g/mol. The van der Waals surface area contributed by atoms with Crippen LogP contribution in [0.5, 0.6) is 5.75 Å². The van der Waals surface area contributed by atoms with Crippen LogP contribution in [0.3, 0.4) is 0 Å². The molecule has 0 spiro atoms. The van der Waals surface area contributed by atoms with Gasteiger partial charge in [-0.15, -0.1) is 0 Å². The van der Waals surface area contributed by atoms with Gasteiger partial charge in [0, 0.05) is 18.7 Å². The van der Waals surface area contributed by atoms with E-state index in [0.717, 1.165) is 5.56 Å². The third-order valence-electron chi connectivity index (χ3n) is 3.35. The van der Waals surface area contributed by atoms with Gasteiger partial charge in [-0.3, -0.25) is 0 Å². The van der Waals surface area contributed by atoms with Crippen LogP contribution >= 0.6 is 0 Å². The molecule has 2 rings (SSSR count). The van der Waals surface area contributed by atoms with E-state index in [2.05, 4.69) is 5.32 Å². The lowest BCUT2D eigenvalue weighted by Crippen LogP contribution is -2.21. The summed E-state index contributed by atoms with van der Waals surface area (Å²) in [5.41, 5.74) is 1.29. The smallest absolute Gasteiger partial charge is 0.181 e. The van der Waals surface area contributed by atoms with Crippen molar-refractivity contribution in [1.82, 2.24) is 5.32 Å². The molecule has 2 aromatic carbocycles. The van der Waals surface area contributed by atoms with Crippen molar-refractivity contribution in [3.8, 4) is 11.8 Å². The highest BCUT2D eigenvalue weighted by atomic mass is 19.1. The molecule has 23 heavy (non-hydrogen) atoms. The van der Waals surface area contributed by atoms with Gasteiger partial charge in [0.1, 0.15) is 17.6 Å². The molecule has 0 aliphatic carbocycles. The molecule has 120 valence electrons. The van der Waals surface area contributed by atoms with Crippen molar-refractivity contribution in [2.45, 2.75) is 25.7 Å². The van der Waals surface area contributed by atoms with Crippen LogP contribution in [0.25, 0.3) is 0 Å². The number of hydrogen-bond donors (Lipinski definition) is 2. The van der Waals surface area contributed by atoms with Gasteiger partial charge in [0.05, 0.1) is 6.10 Å². The van der Waals surface area contributed by atoms with Gasteiger partial charge in [0.2, 0.25) is 0 Å². The van der Waals surface area contributed by atoms with Crippen LogP contribution in [0.4, 0.5) is 4.39 Å². The van der Waals surface area contributed by atoms with Gasteiger partial charge in [-0.25, -0.2) is 4.39 Å². The average Bonchev–Trinajstić information content (AvgIpc) is 2.56. The molecule has 2 atom stereocenters. The Balaban J connectivity index is 1.82. The summed E-state index contributed by atoms with van der Waals surface area (Å²) >= 11 is 0. The number of nitrogens with one attached hydrogen (secondary N) is 1. The molecule has 0 amide bonds. The third kappa shape index (κ3) is 5.06. The van der Waals surface area contributed by atoms with Crippen molar-refractivity contribution in [3.63, 3.8) is 0 Å². The second kappa shape index (κ2) is 8.28. The van der Waals surface area contributed by atoms with E-state index in [9.17, 15) is 9.50 Å². The molecule has 0 bridgehead atoms. The molecule has 4 nitrogen and oxygen atoms in total. The zero-order valence-electron chi connectivity index (χ0n) is 12.9. The number of aliphatic hydroxyl groups excluding tert-OH is 1. The SMILES string of the molecule is CC(C#N)Oc1ccc(CNCC(O)c2ccccc2F)cc1. The summed E-state index contributed by atoms with van der Waals surface area (Å²) in [5, 5.41) is 21.8. The van der Waals surface area contributed by atoms with E-state index in [1.165, 1.54) is 6.07 Å². The van der Waals surface area contributed by atoms with Crippen molar-refractivity contribution in [1.29, 1.82) is 5.26 Å². The van der Waals surface area contributed by atoms with Gasteiger partial charge in [-0.05, 0) is 30.7 Å². The predicted molar refractivity (Wildman–Crippen MR) is 85.2 cm³/mol. The van der Waals surface area contributed by atoms with E-state index in [4.69, 9.17) is 10.00 Å². The van der Waals surface area contributed by atoms with Crippen LogP contribution < -0.4 is 10.1 Å². The molecule has 2 N–H and O–H groups in total. The summed E-state index contributed by atoms with van der Waals surface area (Å²) < 4.78 is 18.9. The van der Waals surface area contributed by atoms with Crippen LogP contribution in [-0.2, 0) is 6.54 Å². The molecule has 0 fully saturated rings. The quantitative estimate of drug-likeness (QED) is 0.824. The van der Waals surface area contributed by atoms with Crippen molar-refractivity contribution < 1.29 is 14.2 Å². The lowest BCUT2D eigenvalue weighted by atomic mass is 10.1. The summed E-state index contributed by atoms with van der Waals surface area (Å²) in [7, 11) is 0. The fraction of sp³-hybridized carbons (Fsp3) is 0.278. The van der Waals surface area contributed by atoms with Crippen molar-refractivity contribution in [2.24, 2.45) is 0 Å². The maximum Gasteiger partial charge on any atom is 0.181 e. The Labute approximate surface area is 135 Å². The minimum atomic E-state index is -0.893. The molecule has 0 saturated heterocycles. The van der Waals surface area contributed by atoms with Gasteiger partial charge in [-0.1, -0.05) is 30.3 Å². The van der Waals surface area contributed by atoms with E-state index in [1.54, 1.807) is 37.3 Å². The van der Waals surface area contributed by atoms with Crippen LogP contribution in [0.15, 0.2) is 48.5 Å². The highest BCUT2D eigenvalue weighted by Gasteiger charge is 2.11. The summed E-state index contributed by atoms with van der Waals surface area (Å²) in [6, 6.07) is 15.5. The molecule has 0 aliphatic heterocycles. The van der Waals surface area contributed by atoms with Gasteiger partial charge in [-0.2, -0.15) is 5.26 Å². The van der Waals surface area contributed by atoms with Gasteiger partial charge in [0.15, 0.2) is 6.10 Å². The predicted octanol–water partition coefficient (Wildman–Crippen LogP) is 2.94. The first-order valence-electron chi connectivity index (χ1n) is 7.38. The van der Waals surface area contributed by atoms with E-state index < -0.39 is 18.0 Å². The monoisotopic (exact) mass is 314 g/mol. The van der Waals surface area contributed by atoms with Gasteiger partial charge >= 0.3 is 0 Å². The Morgan fingerprint density at radius 3 is 2.57 bits per heavy atom. The van der Waals surface area contributed by atoms with Crippen LogP contribution in [0.2, 0.25) is 0 Å². The van der Waals surface area contributed by atoms with Crippen molar-refractivity contribution >= 4 is 0 Å². The molecule has 5 heteroatoms. The Morgan fingerprint density at radius 1 is 1.22 bits per heavy atom. The van der Waals surface area contributed by atoms with E-state index in [0.29, 0.717) is 12.3 Å². The van der Waals surface area contributed by atoms with Crippen molar-refractivity contribution in [2.75, 3.05) is 6.54 Å². The van der Waals surface area contributed by atoms with E-state index in [1.807, 2.05) is 18.2 Å². The Morgan fingerprint density at radius 2 is 1.91 bits per heavy atom. The molecular formula is C18H19FN2O2. The van der Waals surface area contributed by atoms with Crippen LogP contribution in [0.1, 0.15) is 24.2 Å². The molecule has 0 aromatic heterocycles.